The third-order valence-corrected chi connectivity index (χ3v) is 5.33. The van der Waals surface area contributed by atoms with E-state index in [1.165, 1.54) is 5.69 Å². The second kappa shape index (κ2) is 7.05. The summed E-state index contributed by atoms with van der Waals surface area (Å²) in [6.07, 6.45) is 11.2. The number of aromatic nitrogens is 4. The maximum Gasteiger partial charge on any atom is 0.376 e. The second-order valence-electron chi connectivity index (χ2n) is 6.92. The standard InChI is InChI=1S/C18H23BN6O/c1-19(26)24(2)14-4-3-7-25(11-14)16-5-6-22-18-17(16)15(10-23-18)13-8-20-12-21-9-13/h5-6,8-10,12,14,26H,3-4,7,11H2,1-2H3,(H,22,23). The van der Waals surface area contributed by atoms with E-state index in [0.717, 1.165) is 48.1 Å². The molecule has 1 aliphatic rings. The zero-order valence-corrected chi connectivity index (χ0v) is 15.1. The van der Waals surface area contributed by atoms with E-state index in [-0.39, 0.29) is 0 Å². The van der Waals surface area contributed by atoms with Crippen LogP contribution in [0.5, 0.6) is 0 Å². The highest BCUT2D eigenvalue weighted by molar-refractivity contribution is 6.45. The van der Waals surface area contributed by atoms with Gasteiger partial charge in [0.2, 0.25) is 0 Å². The Morgan fingerprint density at radius 2 is 2.15 bits per heavy atom. The van der Waals surface area contributed by atoms with Gasteiger partial charge in [0.15, 0.2) is 0 Å². The molecule has 7 nitrogen and oxygen atoms in total. The predicted octanol–water partition coefficient (Wildman–Crippen LogP) is 2.03. The van der Waals surface area contributed by atoms with E-state index in [4.69, 9.17) is 0 Å². The zero-order valence-electron chi connectivity index (χ0n) is 15.1. The number of fused-ring (bicyclic) bond motifs is 1. The van der Waals surface area contributed by atoms with Crippen LogP contribution in [0, 0.1) is 0 Å². The summed E-state index contributed by atoms with van der Waals surface area (Å²) in [6.45, 7) is 3.71. The molecule has 0 aromatic carbocycles. The lowest BCUT2D eigenvalue weighted by molar-refractivity contribution is 0.291. The van der Waals surface area contributed by atoms with E-state index >= 15 is 0 Å². The molecule has 3 aromatic heterocycles. The molecule has 1 unspecified atom stereocenters. The minimum atomic E-state index is -0.443. The minimum absolute atomic E-state index is 0.328. The van der Waals surface area contributed by atoms with Crippen molar-refractivity contribution in [3.05, 3.63) is 37.2 Å². The van der Waals surface area contributed by atoms with Gasteiger partial charge in [0.25, 0.3) is 0 Å². The molecule has 3 aromatic rings. The Bertz CT molecular complexity index is 884. The van der Waals surface area contributed by atoms with E-state index in [2.05, 4.69) is 30.9 Å². The van der Waals surface area contributed by atoms with Gasteiger partial charge in [-0.1, -0.05) is 0 Å². The van der Waals surface area contributed by atoms with E-state index in [1.54, 1.807) is 6.33 Å². The Morgan fingerprint density at radius 1 is 1.35 bits per heavy atom. The highest BCUT2D eigenvalue weighted by Crippen LogP contribution is 2.35. The fraction of sp³-hybridized carbons (Fsp3) is 0.389. The van der Waals surface area contributed by atoms with Crippen molar-refractivity contribution in [3.8, 4) is 11.1 Å². The maximum absolute atomic E-state index is 9.94. The highest BCUT2D eigenvalue weighted by atomic mass is 16.2. The highest BCUT2D eigenvalue weighted by Gasteiger charge is 2.28. The lowest BCUT2D eigenvalue weighted by atomic mass is 9.82. The van der Waals surface area contributed by atoms with Gasteiger partial charge in [-0.15, -0.1) is 0 Å². The SMILES string of the molecule is CB(O)N(C)C1CCCN(c2ccnc3[nH]cc(-c4cncnc4)c23)C1. The normalized spacial score (nSPS) is 17.8. The molecule has 1 atom stereocenters. The van der Waals surface area contributed by atoms with Crippen LogP contribution in [0.2, 0.25) is 6.82 Å². The van der Waals surface area contributed by atoms with Gasteiger partial charge < -0.3 is 19.7 Å². The Kier molecular flexibility index (Phi) is 4.61. The summed E-state index contributed by atoms with van der Waals surface area (Å²) in [5.41, 5.74) is 4.07. The first-order valence-corrected chi connectivity index (χ1v) is 9.01. The van der Waals surface area contributed by atoms with Crippen LogP contribution in [-0.4, -0.2) is 63.0 Å². The lowest BCUT2D eigenvalue weighted by Gasteiger charge is -2.39. The number of hydrogen-bond acceptors (Lipinski definition) is 6. The summed E-state index contributed by atoms with van der Waals surface area (Å²) in [6, 6.07) is 2.41. The first kappa shape index (κ1) is 17.0. The molecule has 1 fully saturated rings. The molecule has 8 heteroatoms. The average molecular weight is 350 g/mol. The number of rotatable bonds is 4. The van der Waals surface area contributed by atoms with Crippen molar-refractivity contribution >= 4 is 23.8 Å². The molecule has 1 saturated heterocycles. The smallest absolute Gasteiger partial charge is 0.376 e. The molecule has 1 aliphatic heterocycles. The van der Waals surface area contributed by atoms with Crippen LogP contribution in [-0.2, 0) is 0 Å². The topological polar surface area (TPSA) is 81.2 Å². The molecule has 0 spiro atoms. The number of nitrogens with zero attached hydrogens (tertiary/aromatic N) is 5. The Balaban J connectivity index is 1.74. The van der Waals surface area contributed by atoms with Gasteiger partial charge in [-0.25, -0.2) is 15.0 Å². The Labute approximate surface area is 153 Å². The third-order valence-electron chi connectivity index (χ3n) is 5.33. The predicted molar refractivity (Wildman–Crippen MR) is 104 cm³/mol. The second-order valence-corrected chi connectivity index (χ2v) is 6.92. The van der Waals surface area contributed by atoms with Gasteiger partial charge in [-0.05, 0) is 32.8 Å². The number of aromatic amines is 1. The molecule has 0 saturated carbocycles. The van der Waals surface area contributed by atoms with Gasteiger partial charge in [0, 0.05) is 60.7 Å². The number of likely N-dealkylation sites (N-methyl/N-ethyl adjacent to an activating group) is 1. The van der Waals surface area contributed by atoms with Crippen LogP contribution in [0.1, 0.15) is 12.8 Å². The van der Waals surface area contributed by atoms with Crippen molar-refractivity contribution in [1.82, 2.24) is 24.7 Å². The summed E-state index contributed by atoms with van der Waals surface area (Å²) in [5.74, 6) is 0. The fourth-order valence-corrected chi connectivity index (χ4v) is 3.78. The summed E-state index contributed by atoms with van der Waals surface area (Å²) in [5, 5.41) is 11.0. The molecule has 4 heterocycles. The van der Waals surface area contributed by atoms with Gasteiger partial charge in [-0.3, -0.25) is 0 Å². The van der Waals surface area contributed by atoms with Crippen LogP contribution in [0.4, 0.5) is 5.69 Å². The zero-order chi connectivity index (χ0) is 18.1. The van der Waals surface area contributed by atoms with Gasteiger partial charge in [-0.2, -0.15) is 0 Å². The third kappa shape index (κ3) is 3.06. The van der Waals surface area contributed by atoms with Crippen molar-refractivity contribution < 1.29 is 5.02 Å². The molecule has 0 bridgehead atoms. The molecule has 0 radical (unpaired) electrons. The van der Waals surface area contributed by atoms with Crippen molar-refractivity contribution in [2.75, 3.05) is 25.0 Å². The summed E-state index contributed by atoms with van der Waals surface area (Å²) in [7, 11) is 1.55. The monoisotopic (exact) mass is 350 g/mol. The van der Waals surface area contributed by atoms with E-state index in [1.807, 2.05) is 43.5 Å². The van der Waals surface area contributed by atoms with Crippen LogP contribution < -0.4 is 4.90 Å². The van der Waals surface area contributed by atoms with Crippen LogP contribution >= 0.6 is 0 Å². The maximum atomic E-state index is 9.94. The number of anilines is 1. The first-order chi connectivity index (χ1) is 12.6. The molecular formula is C18H23BN6O. The number of piperidine rings is 1. The number of nitrogens with one attached hydrogen (secondary N) is 1. The van der Waals surface area contributed by atoms with Crippen molar-refractivity contribution in [2.45, 2.75) is 25.7 Å². The summed E-state index contributed by atoms with van der Waals surface area (Å²) in [4.78, 5) is 20.5. The van der Waals surface area contributed by atoms with Gasteiger partial charge >= 0.3 is 7.05 Å². The van der Waals surface area contributed by atoms with Crippen LogP contribution in [0.15, 0.2) is 37.2 Å². The quantitative estimate of drug-likeness (QED) is 0.701. The number of pyridine rings is 1. The lowest BCUT2D eigenvalue weighted by Crippen LogP contribution is -2.51. The van der Waals surface area contributed by atoms with E-state index in [9.17, 15) is 5.02 Å². The van der Waals surface area contributed by atoms with Crippen molar-refractivity contribution in [1.29, 1.82) is 0 Å². The molecule has 2 N–H and O–H groups in total. The minimum Gasteiger partial charge on any atom is -0.437 e. The summed E-state index contributed by atoms with van der Waals surface area (Å²) < 4.78 is 0. The van der Waals surface area contributed by atoms with Gasteiger partial charge in [0.05, 0.1) is 5.39 Å². The van der Waals surface area contributed by atoms with Crippen molar-refractivity contribution in [3.63, 3.8) is 0 Å². The first-order valence-electron chi connectivity index (χ1n) is 9.01. The largest absolute Gasteiger partial charge is 0.437 e. The molecular weight excluding hydrogens is 327 g/mol. The Hall–Kier alpha value is -2.45. The number of hydrogen-bond donors (Lipinski definition) is 2. The fourth-order valence-electron chi connectivity index (χ4n) is 3.78. The van der Waals surface area contributed by atoms with Crippen molar-refractivity contribution in [2.24, 2.45) is 0 Å². The van der Waals surface area contributed by atoms with Crippen LogP contribution in [0.3, 0.4) is 0 Å². The molecule has 26 heavy (non-hydrogen) atoms. The summed E-state index contributed by atoms with van der Waals surface area (Å²) >= 11 is 0. The molecule has 134 valence electrons. The van der Waals surface area contributed by atoms with Gasteiger partial charge in [0.1, 0.15) is 12.0 Å². The van der Waals surface area contributed by atoms with E-state index < -0.39 is 7.05 Å². The van der Waals surface area contributed by atoms with E-state index in [0.29, 0.717) is 6.04 Å². The average Bonchev–Trinajstić information content (AvgIpc) is 3.12. The molecule has 0 amide bonds. The molecule has 4 rings (SSSR count). The molecule has 0 aliphatic carbocycles. The Morgan fingerprint density at radius 3 is 2.92 bits per heavy atom. The number of H-pyrrole nitrogens is 1. The van der Waals surface area contributed by atoms with Crippen LogP contribution in [0.25, 0.3) is 22.2 Å².